The molecular weight excluding hydrogens is 514 g/mol. The van der Waals surface area contributed by atoms with Gasteiger partial charge in [-0.2, -0.15) is 0 Å². The summed E-state index contributed by atoms with van der Waals surface area (Å²) in [5.41, 5.74) is 1.64. The molecule has 2 heterocycles. The van der Waals surface area contributed by atoms with Gasteiger partial charge in [0.05, 0.1) is 23.3 Å². The molecule has 0 aliphatic heterocycles. The van der Waals surface area contributed by atoms with Crippen molar-refractivity contribution in [2.75, 3.05) is 32.3 Å². The molecule has 2 amide bonds. The Hall–Kier alpha value is -3.64. The molecule has 0 unspecified atom stereocenters. The van der Waals surface area contributed by atoms with Crippen molar-refractivity contribution in [3.8, 4) is 5.75 Å². The Kier molecular flexibility index (Phi) is 9.48. The number of methoxy groups -OCH3 is 1. The maximum Gasteiger partial charge on any atom is 0.341 e. The van der Waals surface area contributed by atoms with Crippen LogP contribution in [0.5, 0.6) is 5.75 Å². The zero-order valence-corrected chi connectivity index (χ0v) is 23.0. The smallest absolute Gasteiger partial charge is 0.341 e. The fraction of sp³-hybridized carbons (Fsp3) is 0.320. The number of hydrogen-bond donors (Lipinski definition) is 1. The van der Waals surface area contributed by atoms with Gasteiger partial charge in [0.25, 0.3) is 5.91 Å². The number of aromatic nitrogens is 3. The minimum atomic E-state index is -0.626. The number of nitrogens with one attached hydrogen (secondary N) is 1. The Balaban J connectivity index is 1.73. The van der Waals surface area contributed by atoms with Gasteiger partial charge in [0.1, 0.15) is 17.4 Å². The van der Waals surface area contributed by atoms with E-state index in [1.165, 1.54) is 23.8 Å². The highest BCUT2D eigenvalue weighted by Gasteiger charge is 2.27. The second kappa shape index (κ2) is 12.5. The van der Waals surface area contributed by atoms with E-state index in [1.807, 2.05) is 35.8 Å². The number of ether oxygens (including phenoxy) is 2. The number of amides is 2. The van der Waals surface area contributed by atoms with Crippen LogP contribution in [0.3, 0.4) is 0 Å². The molecule has 0 saturated heterocycles. The minimum absolute atomic E-state index is 0.00243. The summed E-state index contributed by atoms with van der Waals surface area (Å²) < 4.78 is 12.6. The van der Waals surface area contributed by atoms with E-state index in [9.17, 15) is 14.4 Å². The molecule has 0 spiro atoms. The highest BCUT2D eigenvalue weighted by Crippen LogP contribution is 2.34. The maximum absolute atomic E-state index is 12.8. The van der Waals surface area contributed by atoms with Crippen LogP contribution < -0.4 is 10.1 Å². The zero-order valence-electron chi connectivity index (χ0n) is 21.4. The lowest BCUT2D eigenvalue weighted by atomic mass is 10.1. The number of carbonyl (C=O) groups is 3. The normalized spacial score (nSPS) is 10.6. The number of esters is 1. The van der Waals surface area contributed by atoms with Crippen molar-refractivity contribution in [1.82, 2.24) is 19.7 Å². The third kappa shape index (κ3) is 6.57. The summed E-state index contributed by atoms with van der Waals surface area (Å²) >= 11 is 2.23. The first-order valence-corrected chi connectivity index (χ1v) is 13.1. The molecule has 1 N–H and O–H groups in total. The fourth-order valence-electron chi connectivity index (χ4n) is 3.35. The number of thioether (sulfide) groups is 1. The Morgan fingerprint density at radius 3 is 2.59 bits per heavy atom. The summed E-state index contributed by atoms with van der Waals surface area (Å²) in [5.74, 6) is 0.0940. The van der Waals surface area contributed by atoms with Gasteiger partial charge in [-0.05, 0) is 31.0 Å². The molecule has 3 rings (SSSR count). The fourth-order valence-corrected chi connectivity index (χ4v) is 5.35. The standard InChI is InChI=1S/C25H29N5O5S2/c1-7-12-30-18(13-35-17-11-9-8-10-15(17)2)27-28-25(30)36-14-19(31)26-22-20(24(33)34-6)16(3)21(37-22)23(32)29(4)5/h7-11H,1,12-14H2,2-6H3,(H,26,31). The van der Waals surface area contributed by atoms with Gasteiger partial charge in [-0.15, -0.1) is 28.1 Å². The number of hydrogen-bond acceptors (Lipinski definition) is 9. The number of para-hydroxylation sites is 1. The molecule has 0 aliphatic rings. The summed E-state index contributed by atoms with van der Waals surface area (Å²) in [6.45, 7) is 8.06. The van der Waals surface area contributed by atoms with Crippen molar-refractivity contribution in [1.29, 1.82) is 0 Å². The van der Waals surface area contributed by atoms with Crippen LogP contribution in [-0.4, -0.2) is 64.4 Å². The molecule has 0 bridgehead atoms. The van der Waals surface area contributed by atoms with E-state index < -0.39 is 5.97 Å². The quantitative estimate of drug-likeness (QED) is 0.220. The van der Waals surface area contributed by atoms with E-state index in [-0.39, 0.29) is 34.7 Å². The third-order valence-electron chi connectivity index (χ3n) is 5.28. The predicted octanol–water partition coefficient (Wildman–Crippen LogP) is 3.94. The number of anilines is 1. The van der Waals surface area contributed by atoms with Crippen molar-refractivity contribution < 1.29 is 23.9 Å². The lowest BCUT2D eigenvalue weighted by Gasteiger charge is -2.10. The number of thiophene rings is 1. The summed E-state index contributed by atoms with van der Waals surface area (Å²) in [5, 5.41) is 12.0. The first-order valence-electron chi connectivity index (χ1n) is 11.2. The van der Waals surface area contributed by atoms with Gasteiger partial charge in [0.15, 0.2) is 11.0 Å². The summed E-state index contributed by atoms with van der Waals surface area (Å²) in [6.07, 6.45) is 1.71. The topological polar surface area (TPSA) is 116 Å². The van der Waals surface area contributed by atoms with Crippen LogP contribution in [0, 0.1) is 13.8 Å². The molecule has 10 nitrogen and oxygen atoms in total. The van der Waals surface area contributed by atoms with Gasteiger partial charge in [-0.1, -0.05) is 36.0 Å². The van der Waals surface area contributed by atoms with Crippen molar-refractivity contribution in [2.45, 2.75) is 32.2 Å². The summed E-state index contributed by atoms with van der Waals surface area (Å²) in [7, 11) is 4.49. The molecule has 2 aromatic heterocycles. The molecule has 12 heteroatoms. The van der Waals surface area contributed by atoms with Gasteiger partial charge >= 0.3 is 5.97 Å². The Labute approximate surface area is 223 Å². The second-order valence-corrected chi connectivity index (χ2v) is 10.1. The average molecular weight is 544 g/mol. The molecule has 196 valence electrons. The van der Waals surface area contributed by atoms with Crippen LogP contribution >= 0.6 is 23.1 Å². The second-order valence-electron chi connectivity index (χ2n) is 8.14. The summed E-state index contributed by atoms with van der Waals surface area (Å²) in [4.78, 5) is 39.5. The van der Waals surface area contributed by atoms with E-state index in [0.29, 0.717) is 28.0 Å². The Morgan fingerprint density at radius 1 is 1.22 bits per heavy atom. The average Bonchev–Trinajstić information content (AvgIpc) is 3.41. The molecule has 0 atom stereocenters. The van der Waals surface area contributed by atoms with Gasteiger partial charge in [-0.25, -0.2) is 4.79 Å². The number of nitrogens with zero attached hydrogens (tertiary/aromatic N) is 4. The van der Waals surface area contributed by atoms with E-state index in [0.717, 1.165) is 22.6 Å². The molecule has 3 aromatic rings. The molecule has 0 aliphatic carbocycles. The molecular formula is C25H29N5O5S2. The van der Waals surface area contributed by atoms with Gasteiger partial charge in [-0.3, -0.25) is 14.2 Å². The zero-order chi connectivity index (χ0) is 27.1. The van der Waals surface area contributed by atoms with Crippen molar-refractivity contribution >= 4 is 45.9 Å². The number of aryl methyl sites for hydroxylation is 1. The Morgan fingerprint density at radius 2 is 1.95 bits per heavy atom. The number of benzene rings is 1. The molecule has 0 radical (unpaired) electrons. The summed E-state index contributed by atoms with van der Waals surface area (Å²) in [6, 6.07) is 7.69. The van der Waals surface area contributed by atoms with E-state index in [2.05, 4.69) is 22.1 Å². The van der Waals surface area contributed by atoms with Gasteiger partial charge < -0.3 is 19.7 Å². The molecule has 0 fully saturated rings. The number of carbonyl (C=O) groups excluding carboxylic acids is 3. The third-order valence-corrected chi connectivity index (χ3v) is 7.44. The van der Waals surface area contributed by atoms with E-state index >= 15 is 0 Å². The van der Waals surface area contributed by atoms with Crippen LogP contribution in [-0.2, 0) is 22.7 Å². The van der Waals surface area contributed by atoms with E-state index in [4.69, 9.17) is 9.47 Å². The minimum Gasteiger partial charge on any atom is -0.485 e. The van der Waals surface area contributed by atoms with Crippen molar-refractivity contribution in [2.24, 2.45) is 0 Å². The highest BCUT2D eigenvalue weighted by atomic mass is 32.2. The molecule has 1 aromatic carbocycles. The van der Waals surface area contributed by atoms with Crippen LogP contribution in [0.15, 0.2) is 42.1 Å². The lowest BCUT2D eigenvalue weighted by molar-refractivity contribution is -0.113. The van der Waals surface area contributed by atoms with Crippen molar-refractivity contribution in [3.05, 3.63) is 64.3 Å². The largest absolute Gasteiger partial charge is 0.485 e. The highest BCUT2D eigenvalue weighted by molar-refractivity contribution is 7.99. The van der Waals surface area contributed by atoms with Gasteiger partial charge in [0.2, 0.25) is 5.91 Å². The maximum atomic E-state index is 12.8. The SMILES string of the molecule is C=CCn1c(COc2ccccc2C)nnc1SCC(=O)Nc1sc(C(=O)N(C)C)c(C)c1C(=O)OC. The van der Waals surface area contributed by atoms with Crippen LogP contribution in [0.1, 0.15) is 37.0 Å². The monoisotopic (exact) mass is 543 g/mol. The first kappa shape index (κ1) is 27.9. The molecule has 0 saturated carbocycles. The van der Waals surface area contributed by atoms with E-state index in [1.54, 1.807) is 27.1 Å². The number of rotatable bonds is 11. The van der Waals surface area contributed by atoms with Crippen LogP contribution in [0.25, 0.3) is 0 Å². The number of allylic oxidation sites excluding steroid dienone is 1. The van der Waals surface area contributed by atoms with Crippen LogP contribution in [0.2, 0.25) is 0 Å². The predicted molar refractivity (Wildman–Crippen MR) is 143 cm³/mol. The van der Waals surface area contributed by atoms with Crippen LogP contribution in [0.4, 0.5) is 5.00 Å². The lowest BCUT2D eigenvalue weighted by Crippen LogP contribution is -2.21. The van der Waals surface area contributed by atoms with Crippen molar-refractivity contribution in [3.63, 3.8) is 0 Å². The van der Waals surface area contributed by atoms with Gasteiger partial charge in [0, 0.05) is 20.6 Å². The first-order chi connectivity index (χ1) is 17.7. The Bertz CT molecular complexity index is 1310. The molecule has 37 heavy (non-hydrogen) atoms.